The van der Waals surface area contributed by atoms with Gasteiger partial charge in [-0.3, -0.25) is 0 Å². The second-order valence-electron chi connectivity index (χ2n) is 5.31. The van der Waals surface area contributed by atoms with Gasteiger partial charge in [0.25, 0.3) is 0 Å². The summed E-state index contributed by atoms with van der Waals surface area (Å²) in [4.78, 5) is 4.59. The number of rotatable bonds is 4. The van der Waals surface area contributed by atoms with Crippen LogP contribution in [-0.2, 0) is 12.0 Å². The Bertz CT molecular complexity index is 550. The van der Waals surface area contributed by atoms with Crippen molar-refractivity contribution in [1.29, 1.82) is 0 Å². The summed E-state index contributed by atoms with van der Waals surface area (Å²) < 4.78 is 5.49. The molecule has 2 aromatic rings. The van der Waals surface area contributed by atoms with Crippen molar-refractivity contribution >= 4 is 0 Å². The van der Waals surface area contributed by atoms with Crippen LogP contribution in [0.3, 0.4) is 0 Å². The molecule has 4 heteroatoms. The lowest BCUT2D eigenvalue weighted by atomic mass is 9.67. The number of benzene rings is 1. The highest BCUT2D eigenvalue weighted by molar-refractivity contribution is 5.54. The van der Waals surface area contributed by atoms with Crippen molar-refractivity contribution in [2.75, 3.05) is 0 Å². The maximum atomic E-state index is 5.59. The molecule has 0 spiro atoms. The Kier molecular flexibility index (Phi) is 3.11. The van der Waals surface area contributed by atoms with Gasteiger partial charge in [-0.2, -0.15) is 4.98 Å². The van der Waals surface area contributed by atoms with Gasteiger partial charge in [0, 0.05) is 17.5 Å². The summed E-state index contributed by atoms with van der Waals surface area (Å²) in [5.74, 6) is 1.48. The van der Waals surface area contributed by atoms with E-state index in [0.29, 0.717) is 12.4 Å². The lowest BCUT2D eigenvalue weighted by Gasteiger charge is -2.37. The van der Waals surface area contributed by atoms with Crippen LogP contribution in [0, 0.1) is 0 Å². The second-order valence-corrected chi connectivity index (χ2v) is 5.31. The SMILES string of the molecule is CCC1(c2nc(-c3ccc(CN)cc3)no2)CCC1. The molecule has 2 N–H and O–H groups in total. The van der Waals surface area contributed by atoms with E-state index < -0.39 is 0 Å². The first kappa shape index (κ1) is 12.4. The predicted octanol–water partition coefficient (Wildman–Crippen LogP) is 3.03. The predicted molar refractivity (Wildman–Crippen MR) is 73.4 cm³/mol. The fraction of sp³-hybridized carbons (Fsp3) is 0.467. The number of nitrogens with two attached hydrogens (primary N) is 1. The largest absolute Gasteiger partial charge is 0.338 e. The summed E-state index contributed by atoms with van der Waals surface area (Å²) in [5, 5.41) is 4.12. The number of hydrogen-bond donors (Lipinski definition) is 1. The van der Waals surface area contributed by atoms with Gasteiger partial charge in [-0.1, -0.05) is 42.8 Å². The monoisotopic (exact) mass is 257 g/mol. The van der Waals surface area contributed by atoms with Crippen molar-refractivity contribution in [3.8, 4) is 11.4 Å². The summed E-state index contributed by atoms with van der Waals surface area (Å²) in [6.07, 6.45) is 4.66. The van der Waals surface area contributed by atoms with E-state index in [-0.39, 0.29) is 5.41 Å². The van der Waals surface area contributed by atoms with Crippen molar-refractivity contribution in [3.63, 3.8) is 0 Å². The summed E-state index contributed by atoms with van der Waals surface area (Å²) in [6.45, 7) is 2.75. The van der Waals surface area contributed by atoms with Crippen LogP contribution < -0.4 is 5.73 Å². The van der Waals surface area contributed by atoms with Gasteiger partial charge >= 0.3 is 0 Å². The number of aromatic nitrogens is 2. The summed E-state index contributed by atoms with van der Waals surface area (Å²) in [6, 6.07) is 8.00. The third kappa shape index (κ3) is 2.06. The van der Waals surface area contributed by atoms with Gasteiger partial charge in [-0.05, 0) is 24.8 Å². The lowest BCUT2D eigenvalue weighted by molar-refractivity contribution is 0.168. The topological polar surface area (TPSA) is 64.9 Å². The highest BCUT2D eigenvalue weighted by Crippen LogP contribution is 2.45. The van der Waals surface area contributed by atoms with Crippen LogP contribution in [0.4, 0.5) is 0 Å². The maximum Gasteiger partial charge on any atom is 0.233 e. The molecule has 0 radical (unpaired) electrons. The first-order chi connectivity index (χ1) is 9.27. The van der Waals surface area contributed by atoms with Gasteiger partial charge in [0.05, 0.1) is 0 Å². The van der Waals surface area contributed by atoms with Gasteiger partial charge < -0.3 is 10.3 Å². The fourth-order valence-corrected chi connectivity index (χ4v) is 2.67. The third-order valence-corrected chi connectivity index (χ3v) is 4.31. The molecule has 1 aromatic carbocycles. The minimum absolute atomic E-state index is 0.141. The van der Waals surface area contributed by atoms with E-state index in [9.17, 15) is 0 Å². The maximum absolute atomic E-state index is 5.59. The summed E-state index contributed by atoms with van der Waals surface area (Å²) in [5.41, 5.74) is 7.83. The molecule has 1 aliphatic rings. The molecule has 0 atom stereocenters. The van der Waals surface area contributed by atoms with E-state index in [1.165, 1.54) is 6.42 Å². The quantitative estimate of drug-likeness (QED) is 0.914. The zero-order valence-corrected chi connectivity index (χ0v) is 11.2. The zero-order chi connectivity index (χ0) is 13.3. The molecule has 0 saturated heterocycles. The standard InChI is InChI=1S/C15H19N3O/c1-2-15(8-3-9-15)14-17-13(18-19-14)12-6-4-11(10-16)5-7-12/h4-7H,2-3,8-10,16H2,1H3. The van der Waals surface area contributed by atoms with Crippen molar-refractivity contribution in [2.45, 2.75) is 44.6 Å². The van der Waals surface area contributed by atoms with Crippen molar-refractivity contribution in [1.82, 2.24) is 10.1 Å². The molecule has 1 aliphatic carbocycles. The summed E-state index contributed by atoms with van der Waals surface area (Å²) in [7, 11) is 0. The number of nitrogens with zero attached hydrogens (tertiary/aromatic N) is 2. The van der Waals surface area contributed by atoms with Crippen molar-refractivity contribution in [3.05, 3.63) is 35.7 Å². The zero-order valence-electron chi connectivity index (χ0n) is 11.2. The third-order valence-electron chi connectivity index (χ3n) is 4.31. The molecule has 0 unspecified atom stereocenters. The summed E-state index contributed by atoms with van der Waals surface area (Å²) >= 11 is 0. The number of hydrogen-bond acceptors (Lipinski definition) is 4. The molecule has 100 valence electrons. The van der Waals surface area contributed by atoms with E-state index in [4.69, 9.17) is 10.3 Å². The van der Waals surface area contributed by atoms with Crippen LogP contribution in [0.5, 0.6) is 0 Å². The van der Waals surface area contributed by atoms with Crippen molar-refractivity contribution in [2.24, 2.45) is 5.73 Å². The van der Waals surface area contributed by atoms with Crippen molar-refractivity contribution < 1.29 is 4.52 Å². The van der Waals surface area contributed by atoms with Gasteiger partial charge in [0.15, 0.2) is 0 Å². The van der Waals surface area contributed by atoms with Crippen LogP contribution in [0.2, 0.25) is 0 Å². The Balaban J connectivity index is 1.88. The Morgan fingerprint density at radius 1 is 1.26 bits per heavy atom. The van der Waals surface area contributed by atoms with Gasteiger partial charge in [-0.15, -0.1) is 0 Å². The fourth-order valence-electron chi connectivity index (χ4n) is 2.67. The second kappa shape index (κ2) is 4.78. The van der Waals surface area contributed by atoms with Crippen LogP contribution in [0.25, 0.3) is 11.4 Å². The molecule has 1 saturated carbocycles. The van der Waals surface area contributed by atoms with Crippen LogP contribution in [-0.4, -0.2) is 10.1 Å². The van der Waals surface area contributed by atoms with E-state index >= 15 is 0 Å². The molecule has 1 heterocycles. The van der Waals surface area contributed by atoms with Crippen LogP contribution in [0.1, 0.15) is 44.1 Å². The highest BCUT2D eigenvalue weighted by atomic mass is 16.5. The average molecular weight is 257 g/mol. The Morgan fingerprint density at radius 3 is 2.53 bits per heavy atom. The minimum Gasteiger partial charge on any atom is -0.338 e. The first-order valence-electron chi connectivity index (χ1n) is 6.91. The Labute approximate surface area is 113 Å². The average Bonchev–Trinajstić information content (AvgIpc) is 2.88. The van der Waals surface area contributed by atoms with Gasteiger partial charge in [-0.25, -0.2) is 0 Å². The molecule has 0 aliphatic heterocycles. The van der Waals surface area contributed by atoms with Gasteiger partial charge in [0.1, 0.15) is 0 Å². The molecule has 4 nitrogen and oxygen atoms in total. The van der Waals surface area contributed by atoms with E-state index in [0.717, 1.165) is 36.3 Å². The molecule has 0 amide bonds. The minimum atomic E-state index is 0.141. The first-order valence-corrected chi connectivity index (χ1v) is 6.91. The molecule has 19 heavy (non-hydrogen) atoms. The van der Waals surface area contributed by atoms with E-state index in [1.807, 2.05) is 24.3 Å². The van der Waals surface area contributed by atoms with E-state index in [2.05, 4.69) is 17.1 Å². The van der Waals surface area contributed by atoms with Crippen LogP contribution in [0.15, 0.2) is 28.8 Å². The smallest absolute Gasteiger partial charge is 0.233 e. The Hall–Kier alpha value is -1.68. The normalized spacial score (nSPS) is 17.2. The van der Waals surface area contributed by atoms with E-state index in [1.54, 1.807) is 0 Å². The molecule has 0 bridgehead atoms. The molecule has 3 rings (SSSR count). The molecule has 1 aromatic heterocycles. The molecular weight excluding hydrogens is 238 g/mol. The molecule has 1 fully saturated rings. The van der Waals surface area contributed by atoms with Crippen LogP contribution >= 0.6 is 0 Å². The Morgan fingerprint density at radius 2 is 2.00 bits per heavy atom. The molecular formula is C15H19N3O. The lowest BCUT2D eigenvalue weighted by Crippen LogP contribution is -2.33. The highest BCUT2D eigenvalue weighted by Gasteiger charge is 2.42. The van der Waals surface area contributed by atoms with Gasteiger partial charge in [0.2, 0.25) is 11.7 Å².